The second-order valence-corrected chi connectivity index (χ2v) is 4.49. The zero-order valence-electron chi connectivity index (χ0n) is 8.65. The zero-order valence-corrected chi connectivity index (χ0v) is 11.0. The molecule has 0 N–H and O–H groups in total. The summed E-state index contributed by atoms with van der Waals surface area (Å²) in [5.74, 6) is -1.90. The second-order valence-electron chi connectivity index (χ2n) is 3.25. The van der Waals surface area contributed by atoms with E-state index in [1.165, 1.54) is 6.07 Å². The maximum Gasteiger partial charge on any atom is 0.411 e. The van der Waals surface area contributed by atoms with Gasteiger partial charge < -0.3 is 4.74 Å². The molecule has 1 aromatic carbocycles. The topological polar surface area (TPSA) is 26.3 Å². The van der Waals surface area contributed by atoms with Gasteiger partial charge in [0.1, 0.15) is 13.2 Å². The molecule has 0 saturated carbocycles. The van der Waals surface area contributed by atoms with E-state index in [2.05, 4.69) is 20.7 Å². The molecule has 0 fully saturated rings. The van der Waals surface area contributed by atoms with Crippen molar-refractivity contribution in [2.24, 2.45) is 0 Å². The molecule has 0 aliphatic carbocycles. The Morgan fingerprint density at radius 2 is 2.00 bits per heavy atom. The summed E-state index contributed by atoms with van der Waals surface area (Å²) in [5.41, 5.74) is -0.412. The predicted octanol–water partition coefficient (Wildman–Crippen LogP) is 4.00. The van der Waals surface area contributed by atoms with Crippen molar-refractivity contribution in [1.82, 2.24) is 0 Å². The van der Waals surface area contributed by atoms with E-state index in [4.69, 9.17) is 11.6 Å². The van der Waals surface area contributed by atoms with Crippen molar-refractivity contribution in [1.29, 1.82) is 0 Å². The number of alkyl halides is 3. The third-order valence-electron chi connectivity index (χ3n) is 1.83. The molecule has 8 heteroatoms. The largest absolute Gasteiger partial charge is 0.411 e. The van der Waals surface area contributed by atoms with Crippen LogP contribution in [-0.2, 0) is 4.74 Å². The molecule has 0 spiro atoms. The van der Waals surface area contributed by atoms with E-state index in [-0.39, 0.29) is 9.50 Å². The van der Waals surface area contributed by atoms with Crippen LogP contribution in [0.4, 0.5) is 17.6 Å². The average molecular weight is 350 g/mol. The molecule has 100 valence electrons. The number of Topliss-reactive ketones (excluding diaryl/α,β-unsaturated/α-hetero) is 1. The second kappa shape index (κ2) is 5.99. The fraction of sp³-hybridized carbons (Fsp3) is 0.300. The number of ketones is 1. The van der Waals surface area contributed by atoms with Gasteiger partial charge in [-0.05, 0) is 28.1 Å². The Labute approximate surface area is 113 Å². The first-order chi connectivity index (χ1) is 8.22. The van der Waals surface area contributed by atoms with E-state index in [0.717, 1.165) is 6.07 Å². The van der Waals surface area contributed by atoms with E-state index in [1.54, 1.807) is 0 Å². The number of rotatable bonds is 4. The quantitative estimate of drug-likeness (QED) is 0.466. The summed E-state index contributed by atoms with van der Waals surface area (Å²) in [5, 5.41) is -0.309. The fourth-order valence-corrected chi connectivity index (χ4v) is 1.55. The van der Waals surface area contributed by atoms with Crippen LogP contribution in [0.3, 0.4) is 0 Å². The number of benzene rings is 1. The van der Waals surface area contributed by atoms with Crippen LogP contribution in [0.1, 0.15) is 10.4 Å². The SMILES string of the molecule is O=C(COCC(F)(F)F)c1ccc(Br)c(Cl)c1F. The van der Waals surface area contributed by atoms with Crippen molar-refractivity contribution in [2.75, 3.05) is 13.2 Å². The lowest BCUT2D eigenvalue weighted by Gasteiger charge is -2.08. The van der Waals surface area contributed by atoms with Gasteiger partial charge in [-0.25, -0.2) is 4.39 Å². The van der Waals surface area contributed by atoms with Gasteiger partial charge in [-0.3, -0.25) is 4.79 Å². The molecule has 2 nitrogen and oxygen atoms in total. The van der Waals surface area contributed by atoms with Gasteiger partial charge >= 0.3 is 6.18 Å². The van der Waals surface area contributed by atoms with Crippen molar-refractivity contribution < 1.29 is 27.1 Å². The van der Waals surface area contributed by atoms with Crippen molar-refractivity contribution in [3.63, 3.8) is 0 Å². The van der Waals surface area contributed by atoms with E-state index in [1.807, 2.05) is 0 Å². The van der Waals surface area contributed by atoms with Gasteiger partial charge in [-0.1, -0.05) is 11.6 Å². The molecular weight excluding hydrogens is 343 g/mol. The molecule has 0 amide bonds. The van der Waals surface area contributed by atoms with Crippen molar-refractivity contribution >= 4 is 33.3 Å². The Kier molecular flexibility index (Phi) is 5.12. The summed E-state index contributed by atoms with van der Waals surface area (Å²) in [4.78, 5) is 11.4. The van der Waals surface area contributed by atoms with Crippen LogP contribution in [0.15, 0.2) is 16.6 Å². The first kappa shape index (κ1) is 15.4. The monoisotopic (exact) mass is 348 g/mol. The standard InChI is InChI=1S/C10H6BrClF4O2/c11-6-2-1-5(9(13)8(6)12)7(17)3-18-4-10(14,15)16/h1-2H,3-4H2. The van der Waals surface area contributed by atoms with Gasteiger partial charge in [0.25, 0.3) is 0 Å². The third kappa shape index (κ3) is 4.22. The first-order valence-electron chi connectivity index (χ1n) is 4.53. The number of carbonyl (C=O) groups is 1. The summed E-state index contributed by atoms with van der Waals surface area (Å²) in [6.07, 6.45) is -4.53. The van der Waals surface area contributed by atoms with Crippen molar-refractivity contribution in [3.05, 3.63) is 33.0 Å². The van der Waals surface area contributed by atoms with Crippen LogP contribution in [0.25, 0.3) is 0 Å². The summed E-state index contributed by atoms with van der Waals surface area (Å²) < 4.78 is 53.2. The van der Waals surface area contributed by atoms with Gasteiger partial charge in [-0.2, -0.15) is 13.2 Å². The minimum absolute atomic E-state index is 0.245. The van der Waals surface area contributed by atoms with Gasteiger partial charge in [-0.15, -0.1) is 0 Å². The average Bonchev–Trinajstić information content (AvgIpc) is 2.24. The lowest BCUT2D eigenvalue weighted by atomic mass is 10.1. The number of hydrogen-bond acceptors (Lipinski definition) is 2. The Morgan fingerprint density at radius 3 is 2.56 bits per heavy atom. The van der Waals surface area contributed by atoms with Crippen LogP contribution >= 0.6 is 27.5 Å². The van der Waals surface area contributed by atoms with E-state index < -0.39 is 36.6 Å². The number of carbonyl (C=O) groups excluding carboxylic acids is 1. The molecule has 0 unspecified atom stereocenters. The van der Waals surface area contributed by atoms with Gasteiger partial charge in [0.05, 0.1) is 10.6 Å². The minimum atomic E-state index is -4.53. The van der Waals surface area contributed by atoms with Gasteiger partial charge in [0.2, 0.25) is 0 Å². The van der Waals surface area contributed by atoms with Crippen LogP contribution in [0.2, 0.25) is 5.02 Å². The Bertz CT molecular complexity index is 462. The number of ether oxygens (including phenoxy) is 1. The Balaban J connectivity index is 2.71. The molecule has 0 atom stereocenters. The fourth-order valence-electron chi connectivity index (χ4n) is 1.08. The molecule has 18 heavy (non-hydrogen) atoms. The summed E-state index contributed by atoms with van der Waals surface area (Å²) >= 11 is 8.48. The van der Waals surface area contributed by atoms with E-state index in [9.17, 15) is 22.4 Å². The van der Waals surface area contributed by atoms with Crippen LogP contribution in [0, 0.1) is 5.82 Å². The summed E-state index contributed by atoms with van der Waals surface area (Å²) in [6.45, 7) is -2.43. The molecule has 0 aliphatic heterocycles. The third-order valence-corrected chi connectivity index (χ3v) is 3.09. The first-order valence-corrected chi connectivity index (χ1v) is 5.70. The van der Waals surface area contributed by atoms with Crippen molar-refractivity contribution in [3.8, 4) is 0 Å². The molecule has 0 aliphatic rings. The summed E-state index contributed by atoms with van der Waals surface area (Å²) in [6, 6.07) is 2.44. The molecule has 1 aromatic rings. The lowest BCUT2D eigenvalue weighted by Crippen LogP contribution is -2.21. The van der Waals surface area contributed by atoms with Gasteiger partial charge in [0, 0.05) is 4.47 Å². The number of hydrogen-bond donors (Lipinski definition) is 0. The molecule has 0 saturated heterocycles. The highest BCUT2D eigenvalue weighted by molar-refractivity contribution is 9.10. The maximum absolute atomic E-state index is 13.5. The smallest absolute Gasteiger partial charge is 0.364 e. The highest BCUT2D eigenvalue weighted by atomic mass is 79.9. The van der Waals surface area contributed by atoms with Gasteiger partial charge in [0.15, 0.2) is 11.6 Å². The molecule has 0 radical (unpaired) electrons. The molecule has 0 aromatic heterocycles. The van der Waals surface area contributed by atoms with Crippen molar-refractivity contribution in [2.45, 2.75) is 6.18 Å². The number of halogens is 6. The zero-order chi connectivity index (χ0) is 13.9. The highest BCUT2D eigenvalue weighted by Gasteiger charge is 2.28. The highest BCUT2D eigenvalue weighted by Crippen LogP contribution is 2.27. The van der Waals surface area contributed by atoms with Crippen LogP contribution in [-0.4, -0.2) is 25.2 Å². The molecule has 0 heterocycles. The van der Waals surface area contributed by atoms with E-state index in [0.29, 0.717) is 0 Å². The minimum Gasteiger partial charge on any atom is -0.364 e. The summed E-state index contributed by atoms with van der Waals surface area (Å²) in [7, 11) is 0. The Hall–Kier alpha value is -0.660. The van der Waals surface area contributed by atoms with Crippen LogP contribution in [0.5, 0.6) is 0 Å². The Morgan fingerprint density at radius 1 is 1.39 bits per heavy atom. The van der Waals surface area contributed by atoms with Crippen LogP contribution < -0.4 is 0 Å². The molecule has 0 bridgehead atoms. The molecule has 1 rings (SSSR count). The van der Waals surface area contributed by atoms with E-state index >= 15 is 0 Å². The lowest BCUT2D eigenvalue weighted by molar-refractivity contribution is -0.170. The molecular formula is C10H6BrClF4O2. The normalized spacial score (nSPS) is 11.7. The predicted molar refractivity (Wildman–Crippen MR) is 60.3 cm³/mol. The maximum atomic E-state index is 13.5.